The molecule has 31 heavy (non-hydrogen) atoms. The maximum atomic E-state index is 12.1. The molecule has 0 bridgehead atoms. The monoisotopic (exact) mass is 409 g/mol. The first kappa shape index (κ1) is 20.2. The Kier molecular flexibility index (Phi) is 6.55. The molecule has 0 aliphatic carbocycles. The summed E-state index contributed by atoms with van der Waals surface area (Å²) >= 11 is 0. The summed E-state index contributed by atoms with van der Waals surface area (Å²) in [6, 6.07) is 31.6. The molecule has 0 aliphatic rings. The molecule has 1 amide bonds. The summed E-state index contributed by atoms with van der Waals surface area (Å²) in [5.74, 6) is 0.566. The molecule has 0 radical (unpaired) electrons. The predicted molar refractivity (Wildman–Crippen MR) is 125 cm³/mol. The van der Waals surface area contributed by atoms with Gasteiger partial charge < -0.3 is 10.1 Å². The summed E-state index contributed by atoms with van der Waals surface area (Å²) in [7, 11) is 0. The summed E-state index contributed by atoms with van der Waals surface area (Å²) in [5, 5.41) is 9.41. The molecular weight excluding hydrogens is 386 g/mol. The van der Waals surface area contributed by atoms with Gasteiger partial charge in [0.15, 0.2) is 0 Å². The van der Waals surface area contributed by atoms with E-state index in [9.17, 15) is 4.79 Å². The molecule has 0 aromatic heterocycles. The molecule has 0 fully saturated rings. The van der Waals surface area contributed by atoms with Crippen LogP contribution >= 0.6 is 0 Å². The van der Waals surface area contributed by atoms with E-state index in [1.807, 2.05) is 97.1 Å². The normalized spacial score (nSPS) is 10.8. The van der Waals surface area contributed by atoms with Crippen molar-refractivity contribution < 1.29 is 9.53 Å². The number of benzene rings is 4. The third-order valence-electron chi connectivity index (χ3n) is 4.76. The first-order valence-electron chi connectivity index (χ1n) is 10.1. The van der Waals surface area contributed by atoms with Crippen LogP contribution in [0.4, 0.5) is 5.69 Å². The van der Waals surface area contributed by atoms with Gasteiger partial charge in [0.05, 0.1) is 12.8 Å². The quantitative estimate of drug-likeness (QED) is 0.319. The molecular formula is C26H23N3O2. The van der Waals surface area contributed by atoms with Gasteiger partial charge in [-0.3, -0.25) is 4.79 Å². The van der Waals surface area contributed by atoms with Crippen LogP contribution in [0.1, 0.15) is 11.1 Å². The molecule has 4 rings (SSSR count). The van der Waals surface area contributed by atoms with Crippen molar-refractivity contribution in [2.45, 2.75) is 6.61 Å². The first-order chi connectivity index (χ1) is 15.3. The predicted octanol–water partition coefficient (Wildman–Crippen LogP) is 4.98. The van der Waals surface area contributed by atoms with Crippen LogP contribution in [0.15, 0.2) is 102 Å². The van der Waals surface area contributed by atoms with Crippen molar-refractivity contribution in [3.05, 3.63) is 108 Å². The Hall–Kier alpha value is -4.12. The number of ether oxygens (including phenoxy) is 1. The van der Waals surface area contributed by atoms with Crippen LogP contribution in [0, 0.1) is 0 Å². The fourth-order valence-corrected chi connectivity index (χ4v) is 3.16. The van der Waals surface area contributed by atoms with Crippen LogP contribution in [-0.4, -0.2) is 18.7 Å². The van der Waals surface area contributed by atoms with E-state index in [0.717, 1.165) is 33.3 Å². The summed E-state index contributed by atoms with van der Waals surface area (Å²) < 4.78 is 5.77. The topological polar surface area (TPSA) is 62.7 Å². The lowest BCUT2D eigenvalue weighted by Crippen LogP contribution is -2.25. The molecule has 5 heteroatoms. The molecule has 0 saturated carbocycles. The number of hydrogen-bond acceptors (Lipinski definition) is 4. The minimum absolute atomic E-state index is 0.137. The summed E-state index contributed by atoms with van der Waals surface area (Å²) in [6.45, 7) is 0.658. The molecule has 154 valence electrons. The lowest BCUT2D eigenvalue weighted by Gasteiger charge is -2.08. The standard InChI is InChI=1S/C26H23N3O2/c30-26(18-27-25-12-6-10-22-9-4-5-11-24(22)25)29-28-17-20-13-15-23(16-14-20)31-19-21-7-2-1-3-8-21/h1-17,27H,18-19H2,(H,29,30)/b28-17-. The fourth-order valence-electron chi connectivity index (χ4n) is 3.16. The van der Waals surface area contributed by atoms with Gasteiger partial charge in [-0.2, -0.15) is 5.10 Å². The van der Waals surface area contributed by atoms with Crippen molar-refractivity contribution in [3.8, 4) is 5.75 Å². The second kappa shape index (κ2) is 10.1. The van der Waals surface area contributed by atoms with E-state index >= 15 is 0 Å². The highest BCUT2D eigenvalue weighted by Gasteiger charge is 2.03. The minimum atomic E-state index is -0.216. The van der Waals surface area contributed by atoms with Gasteiger partial charge in [0.25, 0.3) is 5.91 Å². The number of hydrazone groups is 1. The highest BCUT2D eigenvalue weighted by Crippen LogP contribution is 2.22. The SMILES string of the molecule is O=C(CNc1cccc2ccccc12)N/N=C\c1ccc(OCc2ccccc2)cc1. The second-order valence-corrected chi connectivity index (χ2v) is 7.02. The maximum Gasteiger partial charge on any atom is 0.259 e. The zero-order valence-corrected chi connectivity index (χ0v) is 17.0. The Morgan fingerprint density at radius 3 is 2.42 bits per heavy atom. The number of nitrogens with one attached hydrogen (secondary N) is 2. The van der Waals surface area contributed by atoms with Crippen molar-refractivity contribution >= 4 is 28.6 Å². The summed E-state index contributed by atoms with van der Waals surface area (Å²) in [6.07, 6.45) is 1.61. The third-order valence-corrected chi connectivity index (χ3v) is 4.76. The lowest BCUT2D eigenvalue weighted by molar-refractivity contribution is -0.119. The molecule has 2 N–H and O–H groups in total. The number of nitrogens with zero attached hydrogens (tertiary/aromatic N) is 1. The largest absolute Gasteiger partial charge is 0.489 e. The number of hydrogen-bond donors (Lipinski definition) is 2. The van der Waals surface area contributed by atoms with Gasteiger partial charge in [0, 0.05) is 11.1 Å². The molecule has 0 heterocycles. The Labute approximate surface area is 181 Å². The van der Waals surface area contributed by atoms with Crippen LogP contribution in [-0.2, 0) is 11.4 Å². The van der Waals surface area contributed by atoms with E-state index in [-0.39, 0.29) is 12.5 Å². The zero-order chi connectivity index (χ0) is 21.3. The first-order valence-corrected chi connectivity index (χ1v) is 10.1. The Morgan fingerprint density at radius 1 is 0.839 bits per heavy atom. The molecule has 0 spiro atoms. The van der Waals surface area contributed by atoms with E-state index in [1.165, 1.54) is 0 Å². The van der Waals surface area contributed by atoms with Crippen molar-refractivity contribution in [3.63, 3.8) is 0 Å². The zero-order valence-electron chi connectivity index (χ0n) is 17.0. The van der Waals surface area contributed by atoms with Gasteiger partial charge in [-0.15, -0.1) is 0 Å². The van der Waals surface area contributed by atoms with Crippen LogP contribution in [0.3, 0.4) is 0 Å². The fraction of sp³-hybridized carbons (Fsp3) is 0.0769. The van der Waals surface area contributed by atoms with Gasteiger partial charge in [-0.25, -0.2) is 5.43 Å². The number of amides is 1. The molecule has 0 saturated heterocycles. The van der Waals surface area contributed by atoms with Gasteiger partial charge in [0.2, 0.25) is 0 Å². The van der Waals surface area contributed by atoms with E-state index in [1.54, 1.807) is 6.21 Å². The van der Waals surface area contributed by atoms with Crippen molar-refractivity contribution in [1.29, 1.82) is 0 Å². The molecule has 4 aromatic rings. The van der Waals surface area contributed by atoms with E-state index in [4.69, 9.17) is 4.74 Å². The van der Waals surface area contributed by atoms with Crippen LogP contribution in [0.25, 0.3) is 10.8 Å². The number of carbonyl (C=O) groups is 1. The highest BCUT2D eigenvalue weighted by atomic mass is 16.5. The van der Waals surface area contributed by atoms with Crippen molar-refractivity contribution in [2.75, 3.05) is 11.9 Å². The second-order valence-electron chi connectivity index (χ2n) is 7.02. The van der Waals surface area contributed by atoms with Gasteiger partial charge in [-0.1, -0.05) is 66.7 Å². The van der Waals surface area contributed by atoms with E-state index < -0.39 is 0 Å². The van der Waals surface area contributed by atoms with Crippen LogP contribution < -0.4 is 15.5 Å². The lowest BCUT2D eigenvalue weighted by atomic mass is 10.1. The number of carbonyl (C=O) groups excluding carboxylic acids is 1. The number of anilines is 1. The van der Waals surface area contributed by atoms with Crippen molar-refractivity contribution in [1.82, 2.24) is 5.43 Å². The summed E-state index contributed by atoms with van der Waals surface area (Å²) in [5.41, 5.74) is 5.46. The summed E-state index contributed by atoms with van der Waals surface area (Å²) in [4.78, 5) is 12.1. The molecule has 0 atom stereocenters. The molecule has 5 nitrogen and oxygen atoms in total. The van der Waals surface area contributed by atoms with Gasteiger partial charge >= 0.3 is 0 Å². The number of rotatable bonds is 8. The Balaban J connectivity index is 1.25. The average molecular weight is 409 g/mol. The van der Waals surface area contributed by atoms with Crippen molar-refractivity contribution in [2.24, 2.45) is 5.10 Å². The molecule has 0 aliphatic heterocycles. The highest BCUT2D eigenvalue weighted by molar-refractivity contribution is 5.95. The van der Waals surface area contributed by atoms with E-state index in [2.05, 4.69) is 15.8 Å². The van der Waals surface area contributed by atoms with Crippen LogP contribution in [0.2, 0.25) is 0 Å². The van der Waals surface area contributed by atoms with Gasteiger partial charge in [-0.05, 0) is 46.8 Å². The molecule has 4 aromatic carbocycles. The number of fused-ring (bicyclic) bond motifs is 1. The average Bonchev–Trinajstić information content (AvgIpc) is 2.83. The third kappa shape index (κ3) is 5.70. The van der Waals surface area contributed by atoms with Crippen LogP contribution in [0.5, 0.6) is 5.75 Å². The minimum Gasteiger partial charge on any atom is -0.489 e. The van der Waals surface area contributed by atoms with E-state index in [0.29, 0.717) is 6.61 Å². The Bertz CT molecular complexity index is 1170. The smallest absolute Gasteiger partial charge is 0.259 e. The molecule has 0 unspecified atom stereocenters. The maximum absolute atomic E-state index is 12.1. The Morgan fingerprint density at radius 2 is 1.58 bits per heavy atom. The van der Waals surface area contributed by atoms with Gasteiger partial charge in [0.1, 0.15) is 12.4 Å².